The SMILES string of the molecule is CC1C(O)OC(n2c3ccccc3c3c4c(c5c6ccccc6[nH]c5c32)C(=O)N(C)C4=O)C(O)C1O. The molecule has 5 aromatic rings. The minimum absolute atomic E-state index is 0.296. The molecule has 2 aliphatic rings. The van der Waals surface area contributed by atoms with Crippen LogP contribution in [0.1, 0.15) is 33.9 Å². The summed E-state index contributed by atoms with van der Waals surface area (Å²) in [5.74, 6) is -1.49. The summed E-state index contributed by atoms with van der Waals surface area (Å²) in [6, 6.07) is 14.9. The first-order valence-corrected chi connectivity index (χ1v) is 11.8. The van der Waals surface area contributed by atoms with Gasteiger partial charge in [0.2, 0.25) is 0 Å². The third-order valence-corrected chi connectivity index (χ3v) is 7.80. The summed E-state index contributed by atoms with van der Waals surface area (Å²) in [4.78, 5) is 31.4. The zero-order valence-electron chi connectivity index (χ0n) is 19.5. The van der Waals surface area contributed by atoms with E-state index in [-0.39, 0.29) is 5.91 Å². The number of aliphatic hydroxyl groups is 3. The van der Waals surface area contributed by atoms with Crippen LogP contribution in [0.2, 0.25) is 0 Å². The molecule has 5 unspecified atom stereocenters. The molecule has 182 valence electrons. The van der Waals surface area contributed by atoms with E-state index in [1.807, 2.05) is 48.5 Å². The van der Waals surface area contributed by atoms with Crippen molar-refractivity contribution < 1.29 is 29.6 Å². The van der Waals surface area contributed by atoms with E-state index in [9.17, 15) is 24.9 Å². The number of fused-ring (bicyclic) bond motifs is 10. The number of aromatic nitrogens is 2. The van der Waals surface area contributed by atoms with Crippen molar-refractivity contribution in [1.82, 2.24) is 14.5 Å². The molecule has 0 saturated carbocycles. The van der Waals surface area contributed by atoms with Crippen LogP contribution in [0.15, 0.2) is 48.5 Å². The molecule has 0 spiro atoms. The predicted octanol–water partition coefficient (Wildman–Crippen LogP) is 2.86. The number of ether oxygens (including phenoxy) is 1. The van der Waals surface area contributed by atoms with E-state index in [2.05, 4.69) is 4.98 Å². The molecule has 1 fully saturated rings. The second kappa shape index (κ2) is 7.14. The van der Waals surface area contributed by atoms with Crippen molar-refractivity contribution >= 4 is 55.4 Å². The van der Waals surface area contributed by atoms with Gasteiger partial charge in [-0.1, -0.05) is 43.3 Å². The molecule has 5 atom stereocenters. The Hall–Kier alpha value is -3.76. The molecule has 2 aromatic heterocycles. The van der Waals surface area contributed by atoms with Crippen molar-refractivity contribution in [1.29, 1.82) is 0 Å². The summed E-state index contributed by atoms with van der Waals surface area (Å²) in [5.41, 5.74) is 3.21. The topological polar surface area (TPSA) is 128 Å². The van der Waals surface area contributed by atoms with Crippen LogP contribution in [0.25, 0.3) is 43.6 Å². The highest BCUT2D eigenvalue weighted by Crippen LogP contribution is 2.47. The van der Waals surface area contributed by atoms with E-state index >= 15 is 0 Å². The molecule has 7 rings (SSSR count). The van der Waals surface area contributed by atoms with Gasteiger partial charge < -0.3 is 29.6 Å². The lowest BCUT2D eigenvalue weighted by molar-refractivity contribution is -0.280. The molecule has 3 aromatic carbocycles. The number of H-pyrrole nitrogens is 1. The number of rotatable bonds is 1. The summed E-state index contributed by atoms with van der Waals surface area (Å²) in [6.07, 6.45) is -5.05. The van der Waals surface area contributed by atoms with Crippen molar-refractivity contribution in [2.45, 2.75) is 31.6 Å². The van der Waals surface area contributed by atoms with Gasteiger partial charge in [0.1, 0.15) is 6.10 Å². The summed E-state index contributed by atoms with van der Waals surface area (Å²) in [6.45, 7) is 1.60. The van der Waals surface area contributed by atoms with Crippen LogP contribution < -0.4 is 0 Å². The first kappa shape index (κ1) is 21.5. The van der Waals surface area contributed by atoms with Crippen molar-refractivity contribution in [2.24, 2.45) is 5.92 Å². The number of benzene rings is 3. The summed E-state index contributed by atoms with van der Waals surface area (Å²) < 4.78 is 7.61. The van der Waals surface area contributed by atoms with Crippen molar-refractivity contribution in [2.75, 3.05) is 7.05 Å². The number of nitrogens with one attached hydrogen (secondary N) is 1. The number of para-hydroxylation sites is 2. The molecule has 0 aliphatic carbocycles. The first-order valence-electron chi connectivity index (χ1n) is 11.8. The number of imide groups is 1. The molecular formula is C27H23N3O6. The number of carbonyl (C=O) groups excluding carboxylic acids is 2. The summed E-state index contributed by atoms with van der Waals surface area (Å²) >= 11 is 0. The fourth-order valence-corrected chi connectivity index (χ4v) is 5.92. The molecule has 0 radical (unpaired) electrons. The van der Waals surface area contributed by atoms with Gasteiger partial charge in [0.05, 0.1) is 33.8 Å². The van der Waals surface area contributed by atoms with Crippen molar-refractivity contribution in [3.8, 4) is 0 Å². The Morgan fingerprint density at radius 1 is 0.861 bits per heavy atom. The van der Waals surface area contributed by atoms with Gasteiger partial charge in [-0.25, -0.2) is 0 Å². The van der Waals surface area contributed by atoms with Gasteiger partial charge in [0.15, 0.2) is 12.5 Å². The Bertz CT molecular complexity index is 1770. The van der Waals surface area contributed by atoms with E-state index < -0.39 is 36.6 Å². The third kappa shape index (κ3) is 2.47. The van der Waals surface area contributed by atoms with Gasteiger partial charge in [0, 0.05) is 40.0 Å². The molecule has 36 heavy (non-hydrogen) atoms. The van der Waals surface area contributed by atoms with Gasteiger partial charge in [0.25, 0.3) is 11.8 Å². The van der Waals surface area contributed by atoms with Crippen molar-refractivity contribution in [3.63, 3.8) is 0 Å². The average molecular weight is 485 g/mol. The molecular weight excluding hydrogens is 462 g/mol. The highest BCUT2D eigenvalue weighted by molar-refractivity contribution is 6.39. The molecule has 9 heteroatoms. The maximum atomic E-state index is 13.5. The molecule has 9 nitrogen and oxygen atoms in total. The van der Waals surface area contributed by atoms with E-state index in [1.54, 1.807) is 11.5 Å². The van der Waals surface area contributed by atoms with E-state index in [4.69, 9.17) is 4.74 Å². The summed E-state index contributed by atoms with van der Waals surface area (Å²) in [7, 11) is 1.47. The van der Waals surface area contributed by atoms with Crippen LogP contribution in [0.3, 0.4) is 0 Å². The number of hydrogen-bond acceptors (Lipinski definition) is 6. The molecule has 0 bridgehead atoms. The van der Waals surface area contributed by atoms with Gasteiger partial charge in [-0.05, 0) is 12.1 Å². The van der Waals surface area contributed by atoms with E-state index in [0.29, 0.717) is 43.8 Å². The number of carbonyl (C=O) groups is 2. The Kier molecular flexibility index (Phi) is 4.27. The number of aliphatic hydroxyl groups excluding tert-OH is 3. The number of nitrogens with zero attached hydrogens (tertiary/aromatic N) is 2. The Morgan fingerprint density at radius 3 is 2.25 bits per heavy atom. The molecule has 4 heterocycles. The van der Waals surface area contributed by atoms with Crippen LogP contribution >= 0.6 is 0 Å². The molecule has 2 aliphatic heterocycles. The van der Waals surface area contributed by atoms with E-state index in [0.717, 1.165) is 15.8 Å². The highest BCUT2D eigenvalue weighted by atomic mass is 16.6. The van der Waals surface area contributed by atoms with E-state index in [1.165, 1.54) is 7.05 Å². The van der Waals surface area contributed by atoms with Crippen LogP contribution in [0.4, 0.5) is 0 Å². The molecule has 1 saturated heterocycles. The van der Waals surface area contributed by atoms with Gasteiger partial charge in [-0.2, -0.15) is 0 Å². The quantitative estimate of drug-likeness (QED) is 0.270. The fourth-order valence-electron chi connectivity index (χ4n) is 5.92. The highest BCUT2D eigenvalue weighted by Gasteiger charge is 2.45. The van der Waals surface area contributed by atoms with Crippen LogP contribution in [-0.2, 0) is 4.74 Å². The third-order valence-electron chi connectivity index (χ3n) is 7.80. The Morgan fingerprint density at radius 2 is 1.50 bits per heavy atom. The second-order valence-electron chi connectivity index (χ2n) is 9.71. The van der Waals surface area contributed by atoms with Crippen LogP contribution in [0.5, 0.6) is 0 Å². The lowest BCUT2D eigenvalue weighted by Crippen LogP contribution is -2.51. The minimum atomic E-state index is -1.35. The normalized spacial score (nSPS) is 26.7. The largest absolute Gasteiger partial charge is 0.390 e. The first-order chi connectivity index (χ1) is 17.3. The van der Waals surface area contributed by atoms with Crippen LogP contribution in [0, 0.1) is 5.92 Å². The van der Waals surface area contributed by atoms with Crippen molar-refractivity contribution in [3.05, 3.63) is 59.7 Å². The number of hydrogen-bond donors (Lipinski definition) is 4. The molecule has 2 amide bonds. The van der Waals surface area contributed by atoms with Gasteiger partial charge >= 0.3 is 0 Å². The predicted molar refractivity (Wildman–Crippen MR) is 133 cm³/mol. The smallest absolute Gasteiger partial charge is 0.262 e. The number of amides is 2. The molecule has 4 N–H and O–H groups in total. The van der Waals surface area contributed by atoms with Gasteiger partial charge in [-0.3, -0.25) is 14.5 Å². The Balaban J connectivity index is 1.73. The maximum absolute atomic E-state index is 13.5. The standard InChI is InChI=1S/C27H23N3O6/c1-11-22(31)23(32)26(36-27(11)35)30-15-10-6-4-8-13(15)17-19-18(24(33)29(2)25(19)34)16-12-7-3-5-9-14(12)28-20(16)21(17)30/h3-11,22-23,26-28,31-32,35H,1-2H3. The van der Waals surface area contributed by atoms with Crippen LogP contribution in [-0.4, -0.2) is 67.1 Å². The summed E-state index contributed by atoms with van der Waals surface area (Å²) in [5, 5.41) is 35.0. The maximum Gasteiger partial charge on any atom is 0.262 e. The Labute approximate surface area is 204 Å². The second-order valence-corrected chi connectivity index (χ2v) is 9.71. The average Bonchev–Trinajstić information content (AvgIpc) is 3.50. The monoisotopic (exact) mass is 485 g/mol. The lowest BCUT2D eigenvalue weighted by Gasteiger charge is -2.40. The lowest BCUT2D eigenvalue weighted by atomic mass is 9.94. The minimum Gasteiger partial charge on any atom is -0.390 e. The fraction of sp³-hybridized carbons (Fsp3) is 0.259. The van der Waals surface area contributed by atoms with Gasteiger partial charge in [-0.15, -0.1) is 0 Å². The zero-order valence-corrected chi connectivity index (χ0v) is 19.5. The zero-order chi connectivity index (χ0) is 25.0. The number of aromatic amines is 1.